The van der Waals surface area contributed by atoms with Gasteiger partial charge in [-0.1, -0.05) is 0 Å². The largest absolute Gasteiger partial charge is 0.480 e. The molecule has 0 aromatic heterocycles. The fourth-order valence-corrected chi connectivity index (χ4v) is 2.42. The Hall–Kier alpha value is -2.36. The lowest BCUT2D eigenvalue weighted by Gasteiger charge is -2.42. The summed E-state index contributed by atoms with van der Waals surface area (Å²) < 4.78 is 20.3. The first-order valence-corrected chi connectivity index (χ1v) is 8.34. The molecule has 1 fully saturated rings. The van der Waals surface area contributed by atoms with Crippen LogP contribution in [0, 0.1) is 0 Å². The number of carbonyl (C=O) groups is 4. The van der Waals surface area contributed by atoms with Gasteiger partial charge in [0, 0.05) is 7.11 Å². The van der Waals surface area contributed by atoms with Crippen LogP contribution in [0.25, 0.3) is 0 Å². The standard InChI is InChI=1S/C15H24N2O12/c1-26-15-12(29-9(20)3-6(17)14(24)25)11(10(21)7(4-18)27-15)28-8(19)2-5(16)13(22)23/h5-7,10-12,15,18,21H,2-4,16-17H2,1H3,(H,22,23)(H,24,25)/t5-,6-,7+,10+,11-,12+,15-/m0/s1. The summed E-state index contributed by atoms with van der Waals surface area (Å²) in [4.78, 5) is 45.5. The number of rotatable bonds is 10. The molecule has 14 nitrogen and oxygen atoms in total. The molecule has 1 aliphatic rings. The normalized spacial score (nSPS) is 28.8. The average molecular weight is 424 g/mol. The van der Waals surface area contributed by atoms with Gasteiger partial charge in [-0.05, 0) is 0 Å². The van der Waals surface area contributed by atoms with E-state index in [1.54, 1.807) is 0 Å². The molecule has 0 aliphatic carbocycles. The monoisotopic (exact) mass is 424 g/mol. The SMILES string of the molecule is CO[C@H]1O[C@H](CO)[C@@H](O)[C@H](OC(=O)C[C@H](N)C(=O)O)[C@H]1OC(=O)C[C@H](N)C(=O)O. The van der Waals surface area contributed by atoms with Gasteiger partial charge in [0.05, 0.1) is 19.4 Å². The Balaban J connectivity index is 3.00. The van der Waals surface area contributed by atoms with E-state index in [1.165, 1.54) is 0 Å². The highest BCUT2D eigenvalue weighted by Crippen LogP contribution is 2.27. The van der Waals surface area contributed by atoms with Gasteiger partial charge < -0.3 is 50.8 Å². The zero-order valence-electron chi connectivity index (χ0n) is 15.4. The van der Waals surface area contributed by atoms with Crippen molar-refractivity contribution in [3.05, 3.63) is 0 Å². The first-order chi connectivity index (χ1) is 13.5. The second-order valence-corrected chi connectivity index (χ2v) is 6.16. The van der Waals surface area contributed by atoms with E-state index in [2.05, 4.69) is 0 Å². The molecule has 166 valence electrons. The van der Waals surface area contributed by atoms with E-state index in [1.807, 2.05) is 0 Å². The fourth-order valence-electron chi connectivity index (χ4n) is 2.42. The van der Waals surface area contributed by atoms with Gasteiger partial charge in [0.15, 0.2) is 18.5 Å². The van der Waals surface area contributed by atoms with Crippen LogP contribution in [0.15, 0.2) is 0 Å². The Morgan fingerprint density at radius 3 is 1.79 bits per heavy atom. The Labute approximate surface area is 164 Å². The third-order valence-corrected chi connectivity index (χ3v) is 3.97. The first-order valence-electron chi connectivity index (χ1n) is 8.34. The number of esters is 2. The van der Waals surface area contributed by atoms with E-state index in [9.17, 15) is 29.4 Å². The summed E-state index contributed by atoms with van der Waals surface area (Å²) in [5.41, 5.74) is 10.5. The van der Waals surface area contributed by atoms with Crippen LogP contribution in [0.3, 0.4) is 0 Å². The number of aliphatic hydroxyl groups is 2. The number of aliphatic carboxylic acids is 2. The number of hydrogen-bond donors (Lipinski definition) is 6. The Bertz CT molecular complexity index is 614. The summed E-state index contributed by atoms with van der Waals surface area (Å²) in [5.74, 6) is -5.19. The smallest absolute Gasteiger partial charge is 0.321 e. The number of carboxylic acid groups (broad SMARTS) is 2. The van der Waals surface area contributed by atoms with Crippen LogP contribution in [0.4, 0.5) is 0 Å². The van der Waals surface area contributed by atoms with Crippen molar-refractivity contribution in [1.82, 2.24) is 0 Å². The van der Waals surface area contributed by atoms with Crippen molar-refractivity contribution in [1.29, 1.82) is 0 Å². The fraction of sp³-hybridized carbons (Fsp3) is 0.733. The van der Waals surface area contributed by atoms with Crippen LogP contribution < -0.4 is 11.5 Å². The summed E-state index contributed by atoms with van der Waals surface area (Å²) in [6, 6.07) is -3.15. The minimum Gasteiger partial charge on any atom is -0.480 e. The Morgan fingerprint density at radius 2 is 1.41 bits per heavy atom. The second kappa shape index (κ2) is 11.0. The summed E-state index contributed by atoms with van der Waals surface area (Å²) in [7, 11) is 1.14. The molecule has 0 unspecified atom stereocenters. The molecule has 1 saturated heterocycles. The van der Waals surface area contributed by atoms with Crippen molar-refractivity contribution in [2.24, 2.45) is 11.5 Å². The van der Waals surface area contributed by atoms with Gasteiger partial charge in [-0.3, -0.25) is 19.2 Å². The number of aliphatic hydroxyl groups excluding tert-OH is 2. The third-order valence-electron chi connectivity index (χ3n) is 3.97. The van der Waals surface area contributed by atoms with Gasteiger partial charge in [0.1, 0.15) is 24.3 Å². The average Bonchev–Trinajstić information content (AvgIpc) is 2.64. The highest BCUT2D eigenvalue weighted by atomic mass is 16.7. The predicted octanol–water partition coefficient (Wildman–Crippen LogP) is -3.86. The Morgan fingerprint density at radius 1 is 0.966 bits per heavy atom. The molecule has 0 radical (unpaired) electrons. The minimum absolute atomic E-state index is 0.714. The van der Waals surface area contributed by atoms with E-state index in [-0.39, 0.29) is 0 Å². The van der Waals surface area contributed by atoms with Gasteiger partial charge in [-0.25, -0.2) is 0 Å². The van der Waals surface area contributed by atoms with Crippen LogP contribution in [0.1, 0.15) is 12.8 Å². The molecule has 0 bridgehead atoms. The quantitative estimate of drug-likeness (QED) is 0.184. The zero-order chi connectivity index (χ0) is 22.3. The number of methoxy groups -OCH3 is 1. The maximum absolute atomic E-state index is 12.0. The molecular weight excluding hydrogens is 400 g/mol. The predicted molar refractivity (Wildman–Crippen MR) is 89.0 cm³/mol. The van der Waals surface area contributed by atoms with Crippen molar-refractivity contribution in [2.75, 3.05) is 13.7 Å². The van der Waals surface area contributed by atoms with E-state index in [0.29, 0.717) is 0 Å². The summed E-state index contributed by atoms with van der Waals surface area (Å²) >= 11 is 0. The number of nitrogens with two attached hydrogens (primary N) is 2. The molecule has 8 N–H and O–H groups in total. The molecular formula is C15H24N2O12. The molecule has 29 heavy (non-hydrogen) atoms. The third kappa shape index (κ3) is 6.88. The van der Waals surface area contributed by atoms with Crippen LogP contribution in [0.5, 0.6) is 0 Å². The maximum atomic E-state index is 12.0. The summed E-state index contributed by atoms with van der Waals surface area (Å²) in [6.07, 6.45) is -9.10. The molecule has 1 rings (SSSR count). The molecule has 0 amide bonds. The van der Waals surface area contributed by atoms with Gasteiger partial charge in [0.2, 0.25) is 0 Å². The lowest BCUT2D eigenvalue weighted by Crippen LogP contribution is -2.61. The molecule has 7 atom stereocenters. The number of ether oxygens (including phenoxy) is 4. The highest BCUT2D eigenvalue weighted by molar-refractivity contribution is 5.82. The first kappa shape index (κ1) is 24.7. The lowest BCUT2D eigenvalue weighted by molar-refractivity contribution is -0.300. The molecule has 1 heterocycles. The maximum Gasteiger partial charge on any atom is 0.321 e. The van der Waals surface area contributed by atoms with Gasteiger partial charge in [-0.2, -0.15) is 0 Å². The van der Waals surface area contributed by atoms with Crippen LogP contribution in [-0.2, 0) is 38.1 Å². The molecule has 1 aliphatic heterocycles. The van der Waals surface area contributed by atoms with Crippen LogP contribution in [0.2, 0.25) is 0 Å². The van der Waals surface area contributed by atoms with Crippen LogP contribution in [-0.4, -0.2) is 101 Å². The van der Waals surface area contributed by atoms with Gasteiger partial charge in [0.25, 0.3) is 0 Å². The van der Waals surface area contributed by atoms with Crippen molar-refractivity contribution < 1.29 is 58.6 Å². The van der Waals surface area contributed by atoms with E-state index in [0.717, 1.165) is 7.11 Å². The van der Waals surface area contributed by atoms with E-state index < -0.39 is 86.1 Å². The summed E-state index contributed by atoms with van der Waals surface area (Å²) in [6.45, 7) is -0.714. The van der Waals surface area contributed by atoms with Crippen molar-refractivity contribution >= 4 is 23.9 Å². The molecule has 0 spiro atoms. The Kier molecular flexibility index (Phi) is 9.35. The van der Waals surface area contributed by atoms with Crippen molar-refractivity contribution in [2.45, 2.75) is 55.6 Å². The molecule has 0 saturated carbocycles. The van der Waals surface area contributed by atoms with Gasteiger partial charge in [-0.15, -0.1) is 0 Å². The summed E-state index contributed by atoms with van der Waals surface area (Å²) in [5, 5.41) is 37.2. The van der Waals surface area contributed by atoms with E-state index >= 15 is 0 Å². The van der Waals surface area contributed by atoms with Gasteiger partial charge >= 0.3 is 23.9 Å². The number of carboxylic acids is 2. The van der Waals surface area contributed by atoms with Crippen molar-refractivity contribution in [3.8, 4) is 0 Å². The minimum atomic E-state index is -1.69. The van der Waals surface area contributed by atoms with Crippen molar-refractivity contribution in [3.63, 3.8) is 0 Å². The zero-order valence-corrected chi connectivity index (χ0v) is 15.4. The molecule has 0 aromatic rings. The molecule has 0 aromatic carbocycles. The van der Waals surface area contributed by atoms with Crippen LogP contribution >= 0.6 is 0 Å². The number of carbonyl (C=O) groups excluding carboxylic acids is 2. The topological polar surface area (TPSA) is 238 Å². The number of hydrogen-bond acceptors (Lipinski definition) is 12. The second-order valence-electron chi connectivity index (χ2n) is 6.16. The molecule has 14 heteroatoms. The lowest BCUT2D eigenvalue weighted by atomic mass is 9.98. The van der Waals surface area contributed by atoms with E-state index in [4.69, 9.17) is 40.6 Å². The highest BCUT2D eigenvalue weighted by Gasteiger charge is 2.50.